The third kappa shape index (κ3) is 3.00. The van der Waals surface area contributed by atoms with E-state index >= 15 is 0 Å². The Bertz CT molecular complexity index is 449. The van der Waals surface area contributed by atoms with Crippen LogP contribution in [0.4, 0.5) is 5.69 Å². The first kappa shape index (κ1) is 12.4. The maximum absolute atomic E-state index is 12.0. The fourth-order valence-corrected chi connectivity index (χ4v) is 1.90. The molecular weight excluding hydrogens is 232 g/mol. The highest BCUT2D eigenvalue weighted by atomic mass is 16.5. The fourth-order valence-electron chi connectivity index (χ4n) is 1.90. The molecule has 1 atom stereocenters. The van der Waals surface area contributed by atoms with Gasteiger partial charge in [-0.2, -0.15) is 0 Å². The Morgan fingerprint density at radius 2 is 2.33 bits per heavy atom. The van der Waals surface area contributed by atoms with Crippen molar-refractivity contribution >= 4 is 17.5 Å². The minimum Gasteiger partial charge on any atom is -0.497 e. The van der Waals surface area contributed by atoms with E-state index in [-0.39, 0.29) is 17.7 Å². The molecule has 2 rings (SSSR count). The van der Waals surface area contributed by atoms with Crippen LogP contribution in [0.25, 0.3) is 0 Å². The van der Waals surface area contributed by atoms with Crippen LogP contribution in [0.1, 0.15) is 12.8 Å². The first-order chi connectivity index (χ1) is 8.69. The highest BCUT2D eigenvalue weighted by Gasteiger charge is 2.24. The van der Waals surface area contributed by atoms with Gasteiger partial charge in [-0.15, -0.1) is 0 Å². The van der Waals surface area contributed by atoms with Gasteiger partial charge >= 0.3 is 0 Å². The molecule has 0 aliphatic carbocycles. The average Bonchev–Trinajstić information content (AvgIpc) is 2.39. The van der Waals surface area contributed by atoms with Crippen molar-refractivity contribution in [2.45, 2.75) is 12.8 Å². The van der Waals surface area contributed by atoms with Gasteiger partial charge in [0.1, 0.15) is 5.75 Å². The molecule has 2 amide bonds. The molecule has 5 nitrogen and oxygen atoms in total. The first-order valence-corrected chi connectivity index (χ1v) is 5.90. The molecule has 1 aromatic rings. The molecule has 1 saturated heterocycles. The maximum atomic E-state index is 12.0. The Morgan fingerprint density at radius 1 is 1.50 bits per heavy atom. The Kier molecular flexibility index (Phi) is 3.82. The highest BCUT2D eigenvalue weighted by Crippen LogP contribution is 2.19. The van der Waals surface area contributed by atoms with E-state index in [2.05, 4.69) is 10.6 Å². The van der Waals surface area contributed by atoms with Crippen molar-refractivity contribution in [1.29, 1.82) is 0 Å². The van der Waals surface area contributed by atoms with E-state index in [0.717, 1.165) is 0 Å². The summed E-state index contributed by atoms with van der Waals surface area (Å²) < 4.78 is 5.09. The predicted octanol–water partition coefficient (Wildman–Crippen LogP) is 1.16. The number of benzene rings is 1. The lowest BCUT2D eigenvalue weighted by Crippen LogP contribution is -2.40. The molecule has 96 valence electrons. The van der Waals surface area contributed by atoms with Gasteiger partial charge < -0.3 is 15.4 Å². The number of nitrogens with one attached hydrogen (secondary N) is 2. The van der Waals surface area contributed by atoms with Crippen LogP contribution in [0, 0.1) is 5.92 Å². The molecule has 0 saturated carbocycles. The minimum atomic E-state index is -0.158. The summed E-state index contributed by atoms with van der Waals surface area (Å²) in [5.41, 5.74) is 0.705. The third-order valence-electron chi connectivity index (χ3n) is 2.97. The van der Waals surface area contributed by atoms with Crippen molar-refractivity contribution in [2.75, 3.05) is 19.0 Å². The summed E-state index contributed by atoms with van der Waals surface area (Å²) in [6, 6.07) is 7.20. The number of hydrogen-bond acceptors (Lipinski definition) is 3. The number of ether oxygens (including phenoxy) is 1. The lowest BCUT2D eigenvalue weighted by Gasteiger charge is -2.21. The number of methoxy groups -OCH3 is 1. The summed E-state index contributed by atoms with van der Waals surface area (Å²) in [6.07, 6.45) is 1.01. The van der Waals surface area contributed by atoms with Gasteiger partial charge in [-0.25, -0.2) is 0 Å². The molecule has 0 radical (unpaired) electrons. The summed E-state index contributed by atoms with van der Waals surface area (Å²) in [5.74, 6) is 0.488. The second-order valence-electron chi connectivity index (χ2n) is 4.26. The SMILES string of the molecule is COc1cccc(NC(=O)C2CCC(=O)NC2)c1. The van der Waals surface area contributed by atoms with Gasteiger partial charge in [0.15, 0.2) is 0 Å². The van der Waals surface area contributed by atoms with Gasteiger partial charge in [0, 0.05) is 24.7 Å². The van der Waals surface area contributed by atoms with Crippen LogP contribution < -0.4 is 15.4 Å². The summed E-state index contributed by atoms with van der Waals surface area (Å²) in [5, 5.41) is 5.53. The monoisotopic (exact) mass is 248 g/mol. The number of carbonyl (C=O) groups is 2. The van der Waals surface area contributed by atoms with Gasteiger partial charge in [0.25, 0.3) is 0 Å². The second kappa shape index (κ2) is 5.53. The molecule has 0 aromatic heterocycles. The van der Waals surface area contributed by atoms with E-state index in [0.29, 0.717) is 30.8 Å². The largest absolute Gasteiger partial charge is 0.497 e. The van der Waals surface area contributed by atoms with Gasteiger partial charge in [-0.05, 0) is 18.6 Å². The van der Waals surface area contributed by atoms with Crippen molar-refractivity contribution < 1.29 is 14.3 Å². The van der Waals surface area contributed by atoms with Crippen LogP contribution in [0.2, 0.25) is 0 Å². The Hall–Kier alpha value is -2.04. The van der Waals surface area contributed by atoms with Crippen LogP contribution in [-0.2, 0) is 9.59 Å². The zero-order valence-electron chi connectivity index (χ0n) is 10.2. The molecule has 18 heavy (non-hydrogen) atoms. The number of amides is 2. The van der Waals surface area contributed by atoms with E-state index in [1.54, 1.807) is 13.2 Å². The Labute approximate surface area is 106 Å². The zero-order chi connectivity index (χ0) is 13.0. The summed E-state index contributed by atoms with van der Waals surface area (Å²) in [6.45, 7) is 0.411. The van der Waals surface area contributed by atoms with Crippen LogP contribution in [0.3, 0.4) is 0 Å². The van der Waals surface area contributed by atoms with E-state index in [1.807, 2.05) is 18.2 Å². The normalized spacial score (nSPS) is 18.9. The number of piperidine rings is 1. The molecule has 1 aromatic carbocycles. The average molecular weight is 248 g/mol. The lowest BCUT2D eigenvalue weighted by atomic mass is 9.98. The fraction of sp³-hybridized carbons (Fsp3) is 0.385. The first-order valence-electron chi connectivity index (χ1n) is 5.90. The van der Waals surface area contributed by atoms with Crippen molar-refractivity contribution in [1.82, 2.24) is 5.32 Å². The van der Waals surface area contributed by atoms with Crippen LogP contribution in [0.15, 0.2) is 24.3 Å². The third-order valence-corrected chi connectivity index (χ3v) is 2.97. The second-order valence-corrected chi connectivity index (χ2v) is 4.26. The van der Waals surface area contributed by atoms with Crippen LogP contribution in [0.5, 0.6) is 5.75 Å². The minimum absolute atomic E-state index is 0.0143. The number of rotatable bonds is 3. The molecule has 0 bridgehead atoms. The molecule has 1 aliphatic heterocycles. The van der Waals surface area contributed by atoms with E-state index in [9.17, 15) is 9.59 Å². The van der Waals surface area contributed by atoms with Gasteiger partial charge in [0.2, 0.25) is 11.8 Å². The number of carbonyl (C=O) groups excluding carboxylic acids is 2. The quantitative estimate of drug-likeness (QED) is 0.843. The molecule has 2 N–H and O–H groups in total. The highest BCUT2D eigenvalue weighted by molar-refractivity contribution is 5.94. The lowest BCUT2D eigenvalue weighted by molar-refractivity contribution is -0.126. The predicted molar refractivity (Wildman–Crippen MR) is 67.4 cm³/mol. The van der Waals surface area contributed by atoms with Gasteiger partial charge in [-0.3, -0.25) is 9.59 Å². The van der Waals surface area contributed by atoms with Crippen molar-refractivity contribution in [3.8, 4) is 5.75 Å². The molecule has 1 fully saturated rings. The van der Waals surface area contributed by atoms with Crippen molar-refractivity contribution in [3.05, 3.63) is 24.3 Å². The maximum Gasteiger partial charge on any atom is 0.229 e. The smallest absolute Gasteiger partial charge is 0.229 e. The summed E-state index contributed by atoms with van der Waals surface area (Å²) >= 11 is 0. The molecule has 1 unspecified atom stereocenters. The Balaban J connectivity index is 1.96. The molecular formula is C13H16N2O3. The van der Waals surface area contributed by atoms with E-state index in [4.69, 9.17) is 4.74 Å². The van der Waals surface area contributed by atoms with E-state index < -0.39 is 0 Å². The molecule has 1 heterocycles. The molecule has 0 spiro atoms. The molecule has 1 aliphatic rings. The van der Waals surface area contributed by atoms with Gasteiger partial charge in [-0.1, -0.05) is 6.07 Å². The standard InChI is InChI=1S/C13H16N2O3/c1-18-11-4-2-3-10(7-11)15-13(17)9-5-6-12(16)14-8-9/h2-4,7,9H,5-6,8H2,1H3,(H,14,16)(H,15,17). The van der Waals surface area contributed by atoms with Gasteiger partial charge in [0.05, 0.1) is 13.0 Å². The molecule has 5 heteroatoms. The van der Waals surface area contributed by atoms with E-state index in [1.165, 1.54) is 0 Å². The Morgan fingerprint density at radius 3 is 3.00 bits per heavy atom. The summed E-state index contributed by atoms with van der Waals surface area (Å²) in [4.78, 5) is 23.0. The summed E-state index contributed by atoms with van der Waals surface area (Å²) in [7, 11) is 1.58. The zero-order valence-corrected chi connectivity index (χ0v) is 10.2. The van der Waals surface area contributed by atoms with Crippen LogP contribution in [-0.4, -0.2) is 25.5 Å². The van der Waals surface area contributed by atoms with Crippen LogP contribution >= 0.6 is 0 Å². The van der Waals surface area contributed by atoms with Crippen molar-refractivity contribution in [2.24, 2.45) is 5.92 Å². The number of anilines is 1. The topological polar surface area (TPSA) is 67.4 Å². The van der Waals surface area contributed by atoms with Crippen molar-refractivity contribution in [3.63, 3.8) is 0 Å². The number of hydrogen-bond donors (Lipinski definition) is 2.